The van der Waals surface area contributed by atoms with Crippen molar-refractivity contribution in [2.24, 2.45) is 0 Å². The number of pyridine rings is 2. The lowest BCUT2D eigenvalue weighted by Crippen LogP contribution is -2.34. The van der Waals surface area contributed by atoms with Crippen LogP contribution in [0.4, 0.5) is 0 Å². The lowest BCUT2D eigenvalue weighted by atomic mass is 10.00. The van der Waals surface area contributed by atoms with E-state index >= 15 is 0 Å². The van der Waals surface area contributed by atoms with Crippen molar-refractivity contribution < 1.29 is 19.3 Å². The Kier molecular flexibility index (Phi) is 4.42. The third-order valence-electron chi connectivity index (χ3n) is 6.24. The lowest BCUT2D eigenvalue weighted by molar-refractivity contribution is 0.00706. The molecule has 0 spiro atoms. The molecular formula is C21H21ClN4O4. The van der Waals surface area contributed by atoms with Crippen LogP contribution in [0.5, 0.6) is 6.01 Å². The lowest BCUT2D eigenvalue weighted by Gasteiger charge is -2.15. The Labute approximate surface area is 177 Å². The van der Waals surface area contributed by atoms with Crippen molar-refractivity contribution in [3.8, 4) is 6.01 Å². The summed E-state index contributed by atoms with van der Waals surface area (Å²) in [5.74, 6) is 0.317. The summed E-state index contributed by atoms with van der Waals surface area (Å²) in [5, 5.41) is 10.5. The number of nitrogens with one attached hydrogen (secondary N) is 1. The third-order valence-corrected chi connectivity index (χ3v) is 6.56. The molecule has 30 heavy (non-hydrogen) atoms. The summed E-state index contributed by atoms with van der Waals surface area (Å²) in [6, 6.07) is 6.32. The number of ether oxygens (including phenoxy) is 3. The van der Waals surface area contributed by atoms with Crippen LogP contribution >= 0.6 is 11.6 Å². The fourth-order valence-electron chi connectivity index (χ4n) is 4.75. The first-order valence-electron chi connectivity index (χ1n) is 10.2. The van der Waals surface area contributed by atoms with Gasteiger partial charge in [0.2, 0.25) is 0 Å². The number of nitrogens with zero attached hydrogens (tertiary/aromatic N) is 3. The van der Waals surface area contributed by atoms with E-state index in [0.29, 0.717) is 34.7 Å². The Balaban J connectivity index is 1.23. The molecule has 0 bridgehead atoms. The average Bonchev–Trinajstić information content (AvgIpc) is 3.49. The number of hydrogen-bond donors (Lipinski definition) is 2. The molecule has 8 nitrogen and oxygen atoms in total. The summed E-state index contributed by atoms with van der Waals surface area (Å²) in [5.41, 5.74) is 4.55. The molecule has 0 saturated carbocycles. The van der Waals surface area contributed by atoms with E-state index in [4.69, 9.17) is 30.8 Å². The van der Waals surface area contributed by atoms with Crippen molar-refractivity contribution in [3.05, 3.63) is 46.4 Å². The maximum Gasteiger partial charge on any atom is 0.296 e. The molecule has 0 radical (unpaired) electrons. The van der Waals surface area contributed by atoms with Crippen molar-refractivity contribution in [2.75, 3.05) is 13.2 Å². The van der Waals surface area contributed by atoms with Gasteiger partial charge < -0.3 is 24.3 Å². The number of rotatable bonds is 4. The van der Waals surface area contributed by atoms with Crippen molar-refractivity contribution in [3.63, 3.8) is 0 Å². The second-order valence-electron chi connectivity index (χ2n) is 8.14. The molecule has 156 valence electrons. The second-order valence-corrected chi connectivity index (χ2v) is 8.54. The predicted octanol–water partition coefficient (Wildman–Crippen LogP) is 2.18. The van der Waals surface area contributed by atoms with Crippen molar-refractivity contribution in [1.82, 2.24) is 19.9 Å². The highest BCUT2D eigenvalue weighted by Gasteiger charge is 2.48. The number of aryl methyl sites for hydroxylation is 1. The Hall–Kier alpha value is -2.26. The van der Waals surface area contributed by atoms with E-state index in [9.17, 15) is 5.11 Å². The Morgan fingerprint density at radius 2 is 2.13 bits per heavy atom. The number of aromatic amines is 1. The van der Waals surface area contributed by atoms with E-state index < -0.39 is 6.10 Å². The van der Waals surface area contributed by atoms with Gasteiger partial charge in [-0.15, -0.1) is 0 Å². The first-order valence-corrected chi connectivity index (χ1v) is 10.6. The summed E-state index contributed by atoms with van der Waals surface area (Å²) in [6.07, 6.45) is 3.08. The third kappa shape index (κ3) is 3.06. The van der Waals surface area contributed by atoms with Crippen LogP contribution in [0.1, 0.15) is 29.3 Å². The highest BCUT2D eigenvalue weighted by molar-refractivity contribution is 6.31. The van der Waals surface area contributed by atoms with E-state index in [-0.39, 0.29) is 24.9 Å². The minimum absolute atomic E-state index is 0.259. The molecule has 5 heterocycles. The van der Waals surface area contributed by atoms with Gasteiger partial charge in [0.25, 0.3) is 6.01 Å². The molecule has 3 aliphatic rings. The number of imidazole rings is 1. The molecule has 1 unspecified atom stereocenters. The van der Waals surface area contributed by atoms with Crippen LogP contribution < -0.4 is 4.74 Å². The molecule has 5 atom stereocenters. The fourth-order valence-corrected chi connectivity index (χ4v) is 4.98. The molecular weight excluding hydrogens is 408 g/mol. The second kappa shape index (κ2) is 7.16. The summed E-state index contributed by atoms with van der Waals surface area (Å²) in [7, 11) is 0. The van der Waals surface area contributed by atoms with Crippen LogP contribution in [0.25, 0.3) is 11.2 Å². The van der Waals surface area contributed by atoms with Crippen LogP contribution in [0.2, 0.25) is 5.02 Å². The zero-order valence-corrected chi connectivity index (χ0v) is 16.9. The van der Waals surface area contributed by atoms with Gasteiger partial charge in [-0.25, -0.2) is 4.98 Å². The van der Waals surface area contributed by atoms with E-state index in [0.717, 1.165) is 30.7 Å². The number of H-pyrrole nitrogens is 1. The molecule has 3 aromatic heterocycles. The average molecular weight is 429 g/mol. The number of aliphatic hydroxyl groups is 1. The van der Waals surface area contributed by atoms with Crippen LogP contribution in [0, 0.1) is 0 Å². The van der Waals surface area contributed by atoms with Crippen molar-refractivity contribution >= 4 is 22.8 Å². The Morgan fingerprint density at radius 3 is 3.07 bits per heavy atom. The number of aliphatic hydroxyl groups excluding tert-OH is 1. The van der Waals surface area contributed by atoms with Crippen LogP contribution in [-0.2, 0) is 22.3 Å². The molecule has 0 aromatic carbocycles. The first-order chi connectivity index (χ1) is 14.7. The number of halogens is 1. The number of fused-ring (bicyclic) bond motifs is 3. The summed E-state index contributed by atoms with van der Waals surface area (Å²) >= 11 is 6.54. The number of aromatic nitrogens is 4. The van der Waals surface area contributed by atoms with Gasteiger partial charge in [0.15, 0.2) is 11.8 Å². The topological polar surface area (TPSA) is 102 Å². The molecule has 9 heteroatoms. The maximum atomic E-state index is 9.88. The van der Waals surface area contributed by atoms with Gasteiger partial charge in [0.1, 0.15) is 18.3 Å². The smallest absolute Gasteiger partial charge is 0.296 e. The predicted molar refractivity (Wildman–Crippen MR) is 108 cm³/mol. The summed E-state index contributed by atoms with van der Waals surface area (Å²) in [6.45, 7) is 0.603. The maximum absolute atomic E-state index is 9.88. The van der Waals surface area contributed by atoms with Crippen molar-refractivity contribution in [1.29, 1.82) is 0 Å². The SMILES string of the molecule is O[C@@H]1CO[C@H]2[C@@H]1OC[C@H]2Oc1nc2nc(CC3CCc4cccnc43)c(Cl)cc2[nH]1. The summed E-state index contributed by atoms with van der Waals surface area (Å²) in [4.78, 5) is 16.9. The molecule has 2 N–H and O–H groups in total. The van der Waals surface area contributed by atoms with Gasteiger partial charge in [-0.3, -0.25) is 4.98 Å². The van der Waals surface area contributed by atoms with Gasteiger partial charge in [-0.2, -0.15) is 4.98 Å². The van der Waals surface area contributed by atoms with Gasteiger partial charge in [0.05, 0.1) is 29.4 Å². The zero-order chi connectivity index (χ0) is 20.2. The Bertz CT molecular complexity index is 1110. The van der Waals surface area contributed by atoms with Gasteiger partial charge in [-0.05, 0) is 37.0 Å². The molecule has 1 aliphatic carbocycles. The quantitative estimate of drug-likeness (QED) is 0.656. The molecule has 2 saturated heterocycles. The highest BCUT2D eigenvalue weighted by Crippen LogP contribution is 2.35. The van der Waals surface area contributed by atoms with Crippen LogP contribution in [0.3, 0.4) is 0 Å². The largest absolute Gasteiger partial charge is 0.456 e. The minimum atomic E-state index is -0.613. The van der Waals surface area contributed by atoms with Crippen LogP contribution in [-0.4, -0.2) is 62.7 Å². The van der Waals surface area contributed by atoms with Crippen LogP contribution in [0.15, 0.2) is 24.4 Å². The van der Waals surface area contributed by atoms with Crippen molar-refractivity contribution in [2.45, 2.75) is 49.6 Å². The molecule has 2 aliphatic heterocycles. The normalized spacial score (nSPS) is 30.0. The van der Waals surface area contributed by atoms with E-state index in [1.165, 1.54) is 5.56 Å². The minimum Gasteiger partial charge on any atom is -0.456 e. The monoisotopic (exact) mass is 428 g/mol. The first kappa shape index (κ1) is 18.5. The van der Waals surface area contributed by atoms with Gasteiger partial charge in [0, 0.05) is 17.8 Å². The molecule has 0 amide bonds. The highest BCUT2D eigenvalue weighted by atomic mass is 35.5. The van der Waals surface area contributed by atoms with Gasteiger partial charge in [-0.1, -0.05) is 17.7 Å². The van der Waals surface area contributed by atoms with E-state index in [1.54, 1.807) is 0 Å². The molecule has 6 rings (SSSR count). The standard InChI is InChI=1S/C21H21ClN4O4/c22-12-7-14-20(24-13(12)6-11-4-3-10-2-1-5-23-17(10)11)26-21(25-14)30-16-9-29-18-15(27)8-28-19(16)18/h1-2,5,7,11,15-16,18-19,27H,3-4,6,8-9H2,(H,24,25,26)/t11?,15-,16-,18-,19-/m1/s1. The summed E-state index contributed by atoms with van der Waals surface area (Å²) < 4.78 is 17.2. The van der Waals surface area contributed by atoms with Gasteiger partial charge >= 0.3 is 0 Å². The Morgan fingerprint density at radius 1 is 1.23 bits per heavy atom. The molecule has 2 fully saturated rings. The molecule has 3 aromatic rings. The number of hydrogen-bond acceptors (Lipinski definition) is 7. The van der Waals surface area contributed by atoms with E-state index in [2.05, 4.69) is 21.0 Å². The zero-order valence-electron chi connectivity index (χ0n) is 16.1. The van der Waals surface area contributed by atoms with E-state index in [1.807, 2.05) is 18.3 Å². The fraction of sp³-hybridized carbons (Fsp3) is 0.476.